The van der Waals surface area contributed by atoms with Crippen molar-refractivity contribution < 1.29 is 15.1 Å². The van der Waals surface area contributed by atoms with Crippen LogP contribution in [0.1, 0.15) is 0 Å². The summed E-state index contributed by atoms with van der Waals surface area (Å²) in [5.41, 5.74) is -1.51. The van der Waals surface area contributed by atoms with Crippen LogP contribution < -0.4 is 0 Å². The highest BCUT2D eigenvalue weighted by atomic mass is 32.2. The summed E-state index contributed by atoms with van der Waals surface area (Å²) in [5, 5.41) is 28.4. The molecule has 1 aliphatic heterocycles. The molecule has 0 saturated carbocycles. The normalized spacial score (nSPS) is 37.5. The molecule has 0 aromatic rings. The van der Waals surface area contributed by atoms with Crippen molar-refractivity contribution in [3.63, 3.8) is 0 Å². The van der Waals surface area contributed by atoms with E-state index in [-0.39, 0.29) is 5.75 Å². The van der Waals surface area contributed by atoms with Crippen molar-refractivity contribution in [1.82, 2.24) is 0 Å². The second kappa shape index (κ2) is 2.96. The molecule has 1 saturated heterocycles. The van der Waals surface area contributed by atoms with Gasteiger partial charge in [0.1, 0.15) is 12.7 Å². The molecule has 64 valence electrons. The number of rotatable bonds is 2. The summed E-state index contributed by atoms with van der Waals surface area (Å²) in [6, 6.07) is 0. The highest BCUT2D eigenvalue weighted by Gasteiger charge is 2.53. The van der Waals surface area contributed by atoms with Gasteiger partial charge in [0.05, 0.1) is 5.75 Å². The summed E-state index contributed by atoms with van der Waals surface area (Å²) in [4.78, 5) is 9.85. The second-order valence-corrected chi connectivity index (χ2v) is 3.58. The number of hydrogen-bond acceptors (Lipinski definition) is 5. The van der Waals surface area contributed by atoms with Crippen molar-refractivity contribution in [3.05, 3.63) is 10.1 Å². The van der Waals surface area contributed by atoms with E-state index in [1.54, 1.807) is 0 Å². The largest absolute Gasteiger partial charge is 0.389 e. The Bertz CT molecular complexity index is 176. The van der Waals surface area contributed by atoms with E-state index in [1.165, 1.54) is 11.8 Å². The standard InChI is InChI=1S/C5H9NO4S/c7-2-5(6(9)10)3-11-1-4(5)8/h4,7-8H,1-3H2. The van der Waals surface area contributed by atoms with E-state index in [0.717, 1.165) is 0 Å². The lowest BCUT2D eigenvalue weighted by Crippen LogP contribution is -2.51. The zero-order valence-electron chi connectivity index (χ0n) is 5.77. The quantitative estimate of drug-likeness (QED) is 0.424. The van der Waals surface area contributed by atoms with Gasteiger partial charge < -0.3 is 10.2 Å². The van der Waals surface area contributed by atoms with E-state index >= 15 is 0 Å². The molecule has 0 aliphatic carbocycles. The molecular weight excluding hydrogens is 170 g/mol. The molecule has 0 radical (unpaired) electrons. The molecule has 0 bridgehead atoms. The van der Waals surface area contributed by atoms with Crippen LogP contribution in [0.2, 0.25) is 0 Å². The van der Waals surface area contributed by atoms with Crippen LogP contribution in [0, 0.1) is 10.1 Å². The van der Waals surface area contributed by atoms with Crippen molar-refractivity contribution in [1.29, 1.82) is 0 Å². The van der Waals surface area contributed by atoms with Gasteiger partial charge in [-0.25, -0.2) is 0 Å². The van der Waals surface area contributed by atoms with Gasteiger partial charge >= 0.3 is 0 Å². The molecule has 2 atom stereocenters. The molecule has 11 heavy (non-hydrogen) atoms. The average molecular weight is 179 g/mol. The first-order valence-electron chi connectivity index (χ1n) is 3.14. The average Bonchev–Trinajstić information content (AvgIpc) is 2.32. The van der Waals surface area contributed by atoms with E-state index in [2.05, 4.69) is 0 Å². The van der Waals surface area contributed by atoms with E-state index in [9.17, 15) is 15.2 Å². The summed E-state index contributed by atoms with van der Waals surface area (Å²) in [6.45, 7) is -0.589. The molecule has 1 aliphatic rings. The summed E-state index contributed by atoms with van der Waals surface area (Å²) < 4.78 is 0. The Morgan fingerprint density at radius 2 is 2.45 bits per heavy atom. The molecule has 5 nitrogen and oxygen atoms in total. The van der Waals surface area contributed by atoms with Crippen LogP contribution in [0.4, 0.5) is 0 Å². The number of nitrogens with zero attached hydrogens (tertiary/aromatic N) is 1. The van der Waals surface area contributed by atoms with Crippen LogP contribution in [0.15, 0.2) is 0 Å². The van der Waals surface area contributed by atoms with Gasteiger partial charge in [0.15, 0.2) is 0 Å². The fraction of sp³-hybridized carbons (Fsp3) is 1.00. The van der Waals surface area contributed by atoms with Crippen LogP contribution >= 0.6 is 11.8 Å². The Labute approximate surface area is 67.6 Å². The van der Waals surface area contributed by atoms with Crippen LogP contribution in [0.25, 0.3) is 0 Å². The molecule has 0 spiro atoms. The van der Waals surface area contributed by atoms with E-state index in [4.69, 9.17) is 5.11 Å². The van der Waals surface area contributed by atoms with Crippen molar-refractivity contribution in [3.8, 4) is 0 Å². The summed E-state index contributed by atoms with van der Waals surface area (Å²) in [7, 11) is 0. The maximum Gasteiger partial charge on any atom is 0.279 e. The SMILES string of the molecule is O=[N+]([O-])C1(CO)CSCC1O. The Balaban J connectivity index is 2.82. The third kappa shape index (κ3) is 1.21. The Kier molecular flexibility index (Phi) is 2.36. The third-order valence-corrected chi connectivity index (χ3v) is 3.14. The monoisotopic (exact) mass is 179 g/mol. The van der Waals surface area contributed by atoms with Gasteiger partial charge in [0.2, 0.25) is 0 Å². The zero-order valence-corrected chi connectivity index (χ0v) is 6.58. The zero-order chi connectivity index (χ0) is 8.48. The fourth-order valence-corrected chi connectivity index (χ4v) is 2.38. The smallest absolute Gasteiger partial charge is 0.279 e. The maximum atomic E-state index is 10.4. The first-order chi connectivity index (χ1) is 5.13. The first kappa shape index (κ1) is 8.76. The molecule has 1 heterocycles. The van der Waals surface area contributed by atoms with E-state index in [1.807, 2.05) is 0 Å². The van der Waals surface area contributed by atoms with Gasteiger partial charge in [-0.15, -0.1) is 0 Å². The highest BCUT2D eigenvalue weighted by Crippen LogP contribution is 2.30. The third-order valence-electron chi connectivity index (χ3n) is 1.89. The van der Waals surface area contributed by atoms with Crippen molar-refractivity contribution >= 4 is 11.8 Å². The Morgan fingerprint density at radius 1 is 1.82 bits per heavy atom. The van der Waals surface area contributed by atoms with E-state index < -0.39 is 23.2 Å². The summed E-state index contributed by atoms with van der Waals surface area (Å²) in [6.07, 6.45) is -1.02. The fourth-order valence-electron chi connectivity index (χ4n) is 0.982. The topological polar surface area (TPSA) is 83.6 Å². The molecule has 0 aromatic heterocycles. The van der Waals surface area contributed by atoms with Gasteiger partial charge in [-0.2, -0.15) is 11.8 Å². The highest BCUT2D eigenvalue weighted by molar-refractivity contribution is 7.99. The number of aliphatic hydroxyl groups excluding tert-OH is 2. The lowest BCUT2D eigenvalue weighted by Gasteiger charge is -2.19. The van der Waals surface area contributed by atoms with Crippen molar-refractivity contribution in [2.45, 2.75) is 11.6 Å². The minimum atomic E-state index is -1.51. The van der Waals surface area contributed by atoms with Crippen LogP contribution in [-0.4, -0.2) is 44.9 Å². The summed E-state index contributed by atoms with van der Waals surface area (Å²) in [5.74, 6) is 0.527. The molecule has 0 amide bonds. The minimum absolute atomic E-state index is 0.192. The van der Waals surface area contributed by atoms with Crippen molar-refractivity contribution in [2.75, 3.05) is 18.1 Å². The van der Waals surface area contributed by atoms with Crippen molar-refractivity contribution in [2.24, 2.45) is 0 Å². The number of aliphatic hydroxyl groups is 2. The molecule has 1 fully saturated rings. The van der Waals surface area contributed by atoms with Gasteiger partial charge in [-0.1, -0.05) is 0 Å². The molecule has 0 aromatic carbocycles. The first-order valence-corrected chi connectivity index (χ1v) is 4.30. The Hall–Kier alpha value is -0.330. The van der Waals surface area contributed by atoms with Crippen LogP contribution in [0.5, 0.6) is 0 Å². The number of nitro groups is 1. The molecule has 2 N–H and O–H groups in total. The molecule has 1 rings (SSSR count). The minimum Gasteiger partial charge on any atom is -0.389 e. The van der Waals surface area contributed by atoms with Gasteiger partial charge in [0.25, 0.3) is 5.54 Å². The lowest BCUT2D eigenvalue weighted by atomic mass is 9.98. The number of thioether (sulfide) groups is 1. The second-order valence-electron chi connectivity index (χ2n) is 2.55. The maximum absolute atomic E-state index is 10.4. The van der Waals surface area contributed by atoms with Gasteiger partial charge in [-0.05, 0) is 0 Å². The molecule has 6 heteroatoms. The number of hydrogen-bond donors (Lipinski definition) is 2. The van der Waals surface area contributed by atoms with Crippen LogP contribution in [-0.2, 0) is 0 Å². The predicted molar refractivity (Wildman–Crippen MR) is 40.1 cm³/mol. The van der Waals surface area contributed by atoms with Gasteiger partial charge in [0, 0.05) is 10.7 Å². The summed E-state index contributed by atoms with van der Waals surface area (Å²) >= 11 is 1.29. The lowest BCUT2D eigenvalue weighted by molar-refractivity contribution is -0.577. The van der Waals surface area contributed by atoms with Crippen LogP contribution in [0.3, 0.4) is 0 Å². The molecule has 2 unspecified atom stereocenters. The molecular formula is C5H9NO4S. The predicted octanol–water partition coefficient (Wildman–Crippen LogP) is -0.898. The Morgan fingerprint density at radius 3 is 2.64 bits per heavy atom. The van der Waals surface area contributed by atoms with Gasteiger partial charge in [-0.3, -0.25) is 10.1 Å². The van der Waals surface area contributed by atoms with E-state index in [0.29, 0.717) is 5.75 Å².